The molecule has 1 aliphatic heterocycles. The molecule has 0 amide bonds. The summed E-state index contributed by atoms with van der Waals surface area (Å²) < 4.78 is 11.0. The molecule has 0 unspecified atom stereocenters. The number of aliphatic hydroxyl groups is 1. The Bertz CT molecular complexity index is 615. The lowest BCUT2D eigenvalue weighted by Gasteiger charge is -2.26. The summed E-state index contributed by atoms with van der Waals surface area (Å²) in [5.41, 5.74) is 0.753. The molecular formula is C16H19Cl2N3O3. The van der Waals surface area contributed by atoms with Gasteiger partial charge in [0.2, 0.25) is 5.95 Å². The van der Waals surface area contributed by atoms with Crippen LogP contribution in [-0.2, 0) is 11.3 Å². The smallest absolute Gasteiger partial charge is 0.225 e. The van der Waals surface area contributed by atoms with E-state index in [0.29, 0.717) is 35.0 Å². The third-order valence-electron chi connectivity index (χ3n) is 3.35. The van der Waals surface area contributed by atoms with Crippen LogP contribution in [0.3, 0.4) is 0 Å². The molecule has 1 aromatic heterocycles. The molecule has 1 saturated heterocycles. The van der Waals surface area contributed by atoms with E-state index in [1.54, 1.807) is 30.6 Å². The molecule has 0 aliphatic carbocycles. The fraction of sp³-hybridized carbons (Fsp3) is 0.375. The summed E-state index contributed by atoms with van der Waals surface area (Å²) in [4.78, 5) is 10.7. The second-order valence-corrected chi connectivity index (χ2v) is 5.62. The van der Waals surface area contributed by atoms with E-state index < -0.39 is 0 Å². The summed E-state index contributed by atoms with van der Waals surface area (Å²) in [6.45, 7) is 3.28. The van der Waals surface area contributed by atoms with Crippen molar-refractivity contribution >= 4 is 29.2 Å². The van der Waals surface area contributed by atoms with Crippen molar-refractivity contribution in [3.05, 3.63) is 46.2 Å². The van der Waals surface area contributed by atoms with E-state index >= 15 is 0 Å². The molecule has 0 atom stereocenters. The Morgan fingerprint density at radius 3 is 2.29 bits per heavy atom. The number of benzene rings is 1. The average Bonchev–Trinajstić information content (AvgIpc) is 2.64. The molecule has 0 spiro atoms. The molecule has 3 rings (SSSR count). The molecule has 1 fully saturated rings. The lowest BCUT2D eigenvalue weighted by molar-refractivity contribution is 0.122. The molecule has 0 bridgehead atoms. The van der Waals surface area contributed by atoms with Gasteiger partial charge in [-0.25, -0.2) is 9.97 Å². The monoisotopic (exact) mass is 371 g/mol. The van der Waals surface area contributed by atoms with Crippen LogP contribution in [0.25, 0.3) is 0 Å². The second-order valence-electron chi connectivity index (χ2n) is 4.81. The molecule has 2 heterocycles. The number of hydrogen-bond acceptors (Lipinski definition) is 6. The van der Waals surface area contributed by atoms with E-state index in [4.69, 9.17) is 37.8 Å². The van der Waals surface area contributed by atoms with Crippen LogP contribution >= 0.6 is 23.2 Å². The summed E-state index contributed by atoms with van der Waals surface area (Å²) in [5.74, 6) is 1.26. The van der Waals surface area contributed by atoms with E-state index in [1.165, 1.54) is 0 Å². The minimum atomic E-state index is 0.277. The zero-order valence-corrected chi connectivity index (χ0v) is 14.8. The Labute approximate surface area is 151 Å². The standard InChI is InChI=1S/C15H15Cl2N3O2.CH4O/c16-13-2-1-3-14(17)12(13)10-22-11-8-18-15(19-9-11)20-4-6-21-7-5-20;1-2/h1-3,8-9H,4-7,10H2;2H,1H3. The normalized spacial score (nSPS) is 13.9. The maximum atomic E-state index is 7.00. The molecule has 130 valence electrons. The van der Waals surface area contributed by atoms with Crippen molar-refractivity contribution in [3.8, 4) is 5.75 Å². The molecule has 0 saturated carbocycles. The Hall–Kier alpha value is -1.60. The molecule has 1 aliphatic rings. The molecule has 6 nitrogen and oxygen atoms in total. The number of aliphatic hydroxyl groups excluding tert-OH is 1. The number of hydrogen-bond donors (Lipinski definition) is 1. The van der Waals surface area contributed by atoms with Gasteiger partial charge in [-0.3, -0.25) is 0 Å². The summed E-state index contributed by atoms with van der Waals surface area (Å²) in [5, 5.41) is 8.16. The highest BCUT2D eigenvalue weighted by Gasteiger charge is 2.13. The van der Waals surface area contributed by atoms with Crippen LogP contribution in [0.15, 0.2) is 30.6 Å². The zero-order chi connectivity index (χ0) is 17.4. The van der Waals surface area contributed by atoms with E-state index in [1.807, 2.05) is 0 Å². The van der Waals surface area contributed by atoms with Crippen LogP contribution in [-0.4, -0.2) is 48.5 Å². The van der Waals surface area contributed by atoms with Crippen LogP contribution in [0, 0.1) is 0 Å². The van der Waals surface area contributed by atoms with Crippen molar-refractivity contribution in [3.63, 3.8) is 0 Å². The molecule has 8 heteroatoms. The number of aromatic nitrogens is 2. The Morgan fingerprint density at radius 2 is 1.71 bits per heavy atom. The first kappa shape index (κ1) is 18.7. The van der Waals surface area contributed by atoms with Crippen molar-refractivity contribution in [1.29, 1.82) is 0 Å². The average molecular weight is 372 g/mol. The highest BCUT2D eigenvalue weighted by atomic mass is 35.5. The van der Waals surface area contributed by atoms with Crippen molar-refractivity contribution in [2.45, 2.75) is 6.61 Å². The molecule has 24 heavy (non-hydrogen) atoms. The fourth-order valence-electron chi connectivity index (χ4n) is 2.14. The van der Waals surface area contributed by atoms with Gasteiger partial charge in [0, 0.05) is 35.8 Å². The van der Waals surface area contributed by atoms with Crippen molar-refractivity contribution in [1.82, 2.24) is 9.97 Å². The summed E-state index contributed by atoms with van der Waals surface area (Å²) in [6, 6.07) is 5.36. The maximum absolute atomic E-state index is 7.00. The number of ether oxygens (including phenoxy) is 2. The number of morpholine rings is 1. The highest BCUT2D eigenvalue weighted by Crippen LogP contribution is 2.25. The van der Waals surface area contributed by atoms with Crippen LogP contribution in [0.4, 0.5) is 5.95 Å². The SMILES string of the molecule is CO.Clc1cccc(Cl)c1COc1cnc(N2CCOCC2)nc1. The molecular weight excluding hydrogens is 353 g/mol. The minimum Gasteiger partial charge on any atom is -0.486 e. The number of halogens is 2. The first-order valence-corrected chi connectivity index (χ1v) is 8.15. The lowest BCUT2D eigenvalue weighted by atomic mass is 10.2. The van der Waals surface area contributed by atoms with Crippen LogP contribution in [0.5, 0.6) is 5.75 Å². The van der Waals surface area contributed by atoms with Gasteiger partial charge in [0.05, 0.1) is 25.6 Å². The van der Waals surface area contributed by atoms with Gasteiger partial charge in [0.1, 0.15) is 6.61 Å². The Kier molecular flexibility index (Phi) is 7.52. The lowest BCUT2D eigenvalue weighted by Crippen LogP contribution is -2.37. The van der Waals surface area contributed by atoms with Gasteiger partial charge in [-0.05, 0) is 12.1 Å². The maximum Gasteiger partial charge on any atom is 0.225 e. The van der Waals surface area contributed by atoms with Gasteiger partial charge in [-0.1, -0.05) is 29.3 Å². The molecule has 0 radical (unpaired) electrons. The van der Waals surface area contributed by atoms with E-state index in [0.717, 1.165) is 25.8 Å². The first-order chi connectivity index (χ1) is 11.7. The first-order valence-electron chi connectivity index (χ1n) is 7.39. The zero-order valence-electron chi connectivity index (χ0n) is 13.3. The quantitative estimate of drug-likeness (QED) is 0.890. The number of rotatable bonds is 4. The largest absolute Gasteiger partial charge is 0.486 e. The van der Waals surface area contributed by atoms with Crippen molar-refractivity contribution in [2.24, 2.45) is 0 Å². The van der Waals surface area contributed by atoms with E-state index in [-0.39, 0.29) is 6.61 Å². The topological polar surface area (TPSA) is 67.7 Å². The highest BCUT2D eigenvalue weighted by molar-refractivity contribution is 6.35. The Balaban J connectivity index is 0.00000100. The predicted octanol–water partition coefficient (Wildman–Crippen LogP) is 2.81. The van der Waals surface area contributed by atoms with Gasteiger partial charge in [-0.15, -0.1) is 0 Å². The third-order valence-corrected chi connectivity index (χ3v) is 4.06. The summed E-state index contributed by atoms with van der Waals surface area (Å²) in [7, 11) is 1.00. The molecule has 1 aromatic carbocycles. The van der Waals surface area contributed by atoms with Crippen LogP contribution in [0.1, 0.15) is 5.56 Å². The number of nitrogens with zero attached hydrogens (tertiary/aromatic N) is 3. The van der Waals surface area contributed by atoms with Crippen LogP contribution in [0.2, 0.25) is 10.0 Å². The van der Waals surface area contributed by atoms with Crippen LogP contribution < -0.4 is 9.64 Å². The van der Waals surface area contributed by atoms with Gasteiger partial charge in [0.15, 0.2) is 5.75 Å². The molecule has 2 aromatic rings. The summed E-state index contributed by atoms with van der Waals surface area (Å²) >= 11 is 12.2. The van der Waals surface area contributed by atoms with E-state index in [2.05, 4.69) is 14.9 Å². The van der Waals surface area contributed by atoms with Gasteiger partial charge >= 0.3 is 0 Å². The molecule has 1 N–H and O–H groups in total. The summed E-state index contributed by atoms with van der Waals surface area (Å²) in [6.07, 6.45) is 3.31. The van der Waals surface area contributed by atoms with Crippen molar-refractivity contribution < 1.29 is 14.6 Å². The van der Waals surface area contributed by atoms with Gasteiger partial charge in [0.25, 0.3) is 0 Å². The fourth-order valence-corrected chi connectivity index (χ4v) is 2.64. The minimum absolute atomic E-state index is 0.277. The van der Waals surface area contributed by atoms with Gasteiger partial charge in [-0.2, -0.15) is 0 Å². The predicted molar refractivity (Wildman–Crippen MR) is 94.0 cm³/mol. The Morgan fingerprint density at radius 1 is 1.12 bits per heavy atom. The number of anilines is 1. The second kappa shape index (κ2) is 9.64. The van der Waals surface area contributed by atoms with Gasteiger partial charge < -0.3 is 19.5 Å². The van der Waals surface area contributed by atoms with E-state index in [9.17, 15) is 0 Å². The third kappa shape index (κ3) is 4.95. The van der Waals surface area contributed by atoms with Crippen molar-refractivity contribution in [2.75, 3.05) is 38.3 Å².